The maximum Gasteiger partial charge on any atom is 0.404 e. The number of rotatable bonds is 9. The minimum absolute atomic E-state index is 0.0234. The Balaban J connectivity index is 2.81. The third kappa shape index (κ3) is 5.34. The molecule has 0 spiro atoms. The average molecular weight is 326 g/mol. The summed E-state index contributed by atoms with van der Waals surface area (Å²) in [5.74, 6) is -0.658. The molecule has 1 aromatic carbocycles. The van der Waals surface area contributed by atoms with Crippen molar-refractivity contribution in [1.82, 2.24) is 5.32 Å². The molecule has 0 radical (unpaired) electrons. The molecular formula is C13H18N4O6. The lowest BCUT2D eigenvalue weighted by Gasteiger charge is -2.12. The molecular weight excluding hydrogens is 308 g/mol. The number of carbonyl (C=O) groups excluding carboxylic acids is 1. The Hall–Kier alpha value is -3.04. The fraction of sp³-hybridized carbons (Fsp3) is 0.385. The number of methoxy groups -OCH3 is 1. The number of nitro benzene ring substituents is 1. The lowest BCUT2D eigenvalue weighted by molar-refractivity contribution is -0.384. The Morgan fingerprint density at radius 1 is 1.35 bits per heavy atom. The van der Waals surface area contributed by atoms with E-state index in [4.69, 9.17) is 15.6 Å². The number of carbonyl (C=O) groups is 2. The van der Waals surface area contributed by atoms with Crippen molar-refractivity contribution >= 4 is 23.4 Å². The van der Waals surface area contributed by atoms with E-state index in [0.29, 0.717) is 19.4 Å². The molecule has 0 bridgehead atoms. The molecule has 0 saturated heterocycles. The Kier molecular flexibility index (Phi) is 6.59. The third-order valence-electron chi connectivity index (χ3n) is 2.96. The van der Waals surface area contributed by atoms with Crippen LogP contribution in [-0.2, 0) is 0 Å². The first-order valence-electron chi connectivity index (χ1n) is 6.73. The van der Waals surface area contributed by atoms with Gasteiger partial charge in [0.25, 0.3) is 5.69 Å². The summed E-state index contributed by atoms with van der Waals surface area (Å²) in [6, 6.07) is 2.41. The van der Waals surface area contributed by atoms with Crippen LogP contribution in [0.2, 0.25) is 0 Å². The van der Waals surface area contributed by atoms with Crippen molar-refractivity contribution in [3.05, 3.63) is 27.8 Å². The molecule has 0 atom stereocenters. The van der Waals surface area contributed by atoms with Gasteiger partial charge in [-0.15, -0.1) is 0 Å². The Labute approximate surface area is 131 Å². The largest absolute Gasteiger partial charge is 0.494 e. The molecule has 0 heterocycles. The first-order valence-corrected chi connectivity index (χ1v) is 6.73. The first-order chi connectivity index (χ1) is 10.9. The number of amides is 2. The second kappa shape index (κ2) is 8.41. The monoisotopic (exact) mass is 326 g/mol. The molecule has 0 unspecified atom stereocenters. The molecule has 0 aliphatic heterocycles. The van der Waals surface area contributed by atoms with Crippen LogP contribution >= 0.6 is 0 Å². The van der Waals surface area contributed by atoms with E-state index in [-0.39, 0.29) is 29.2 Å². The van der Waals surface area contributed by atoms with Crippen LogP contribution < -0.4 is 21.1 Å². The molecule has 1 aromatic rings. The van der Waals surface area contributed by atoms with Crippen LogP contribution in [0.4, 0.5) is 16.2 Å². The number of nitrogens with one attached hydrogen (secondary N) is 2. The van der Waals surface area contributed by atoms with Gasteiger partial charge in [-0.1, -0.05) is 0 Å². The average Bonchev–Trinajstić information content (AvgIpc) is 2.49. The van der Waals surface area contributed by atoms with Crippen molar-refractivity contribution in [3.63, 3.8) is 0 Å². The van der Waals surface area contributed by atoms with E-state index in [1.165, 1.54) is 13.2 Å². The molecule has 0 fully saturated rings. The van der Waals surface area contributed by atoms with Crippen LogP contribution in [0.5, 0.6) is 5.75 Å². The number of unbranched alkanes of at least 4 members (excludes halogenated alkanes) is 1. The SMILES string of the molecule is COc1cc(C(N)=O)cc([N+](=O)[O-])c1NCCCCNC(=O)O. The fourth-order valence-electron chi connectivity index (χ4n) is 1.88. The quantitative estimate of drug-likeness (QED) is 0.301. The minimum Gasteiger partial charge on any atom is -0.494 e. The van der Waals surface area contributed by atoms with E-state index in [2.05, 4.69) is 10.6 Å². The summed E-state index contributed by atoms with van der Waals surface area (Å²) >= 11 is 0. The highest BCUT2D eigenvalue weighted by Gasteiger charge is 2.21. The van der Waals surface area contributed by atoms with Crippen LogP contribution in [0.3, 0.4) is 0 Å². The molecule has 1 rings (SSSR count). The lowest BCUT2D eigenvalue weighted by Crippen LogP contribution is -2.22. The van der Waals surface area contributed by atoms with Crippen molar-refractivity contribution in [1.29, 1.82) is 0 Å². The number of nitrogens with zero attached hydrogens (tertiary/aromatic N) is 1. The van der Waals surface area contributed by atoms with E-state index in [1.54, 1.807) is 0 Å². The fourth-order valence-corrected chi connectivity index (χ4v) is 1.88. The van der Waals surface area contributed by atoms with E-state index in [9.17, 15) is 19.7 Å². The standard InChI is InChI=1S/C13H18N4O6/c1-23-10-7-8(12(14)18)6-9(17(21)22)11(10)15-4-2-3-5-16-13(19)20/h6-7,15-16H,2-5H2,1H3,(H2,14,18)(H,19,20). The number of benzene rings is 1. The van der Waals surface area contributed by atoms with Gasteiger partial charge in [0.2, 0.25) is 5.91 Å². The zero-order valence-corrected chi connectivity index (χ0v) is 12.5. The topological polar surface area (TPSA) is 157 Å². The van der Waals surface area contributed by atoms with Crippen LogP contribution in [0.15, 0.2) is 12.1 Å². The van der Waals surface area contributed by atoms with Gasteiger partial charge in [-0.3, -0.25) is 14.9 Å². The highest BCUT2D eigenvalue weighted by atomic mass is 16.6. The van der Waals surface area contributed by atoms with Gasteiger partial charge in [0, 0.05) is 24.7 Å². The predicted molar refractivity (Wildman–Crippen MR) is 81.9 cm³/mol. The highest BCUT2D eigenvalue weighted by Crippen LogP contribution is 2.35. The smallest absolute Gasteiger partial charge is 0.404 e. The zero-order chi connectivity index (χ0) is 17.4. The molecule has 23 heavy (non-hydrogen) atoms. The number of primary amides is 1. The number of ether oxygens (including phenoxy) is 1. The molecule has 0 saturated carbocycles. The Bertz CT molecular complexity index is 604. The number of hydrogen-bond donors (Lipinski definition) is 4. The van der Waals surface area contributed by atoms with E-state index >= 15 is 0 Å². The first kappa shape index (κ1) is 18.0. The summed E-state index contributed by atoms with van der Waals surface area (Å²) in [7, 11) is 1.33. The minimum atomic E-state index is -1.10. The second-order valence-corrected chi connectivity index (χ2v) is 4.56. The van der Waals surface area contributed by atoms with E-state index < -0.39 is 16.9 Å². The Morgan fingerprint density at radius 2 is 2.00 bits per heavy atom. The summed E-state index contributed by atoms with van der Waals surface area (Å²) in [5, 5.41) is 24.7. The number of hydrogen-bond acceptors (Lipinski definition) is 6. The summed E-state index contributed by atoms with van der Waals surface area (Å²) in [6.07, 6.45) is 0.0461. The number of nitrogens with two attached hydrogens (primary N) is 1. The highest BCUT2D eigenvalue weighted by molar-refractivity contribution is 5.95. The van der Waals surface area contributed by atoms with E-state index in [1.807, 2.05) is 0 Å². The predicted octanol–water partition coefficient (Wildman–Crippen LogP) is 1.16. The van der Waals surface area contributed by atoms with E-state index in [0.717, 1.165) is 6.07 Å². The van der Waals surface area contributed by atoms with Crippen molar-refractivity contribution < 1.29 is 24.4 Å². The zero-order valence-electron chi connectivity index (χ0n) is 12.5. The van der Waals surface area contributed by atoms with Crippen LogP contribution in [-0.4, -0.2) is 42.2 Å². The molecule has 10 nitrogen and oxygen atoms in total. The van der Waals surface area contributed by atoms with Crippen molar-refractivity contribution in [2.75, 3.05) is 25.5 Å². The van der Waals surface area contributed by atoms with Crippen molar-refractivity contribution in [2.45, 2.75) is 12.8 Å². The summed E-state index contributed by atoms with van der Waals surface area (Å²) in [4.78, 5) is 32.0. The normalized spacial score (nSPS) is 9.96. The van der Waals surface area contributed by atoms with Crippen LogP contribution in [0.25, 0.3) is 0 Å². The maximum absolute atomic E-state index is 11.2. The molecule has 5 N–H and O–H groups in total. The third-order valence-corrected chi connectivity index (χ3v) is 2.96. The maximum atomic E-state index is 11.2. The molecule has 0 aliphatic carbocycles. The van der Waals surface area contributed by atoms with Gasteiger partial charge in [-0.2, -0.15) is 0 Å². The summed E-state index contributed by atoms with van der Waals surface area (Å²) in [5.41, 5.74) is 4.95. The molecule has 0 aliphatic rings. The number of carboxylic acid groups (broad SMARTS) is 1. The van der Waals surface area contributed by atoms with Gasteiger partial charge < -0.3 is 26.2 Å². The summed E-state index contributed by atoms with van der Waals surface area (Å²) in [6.45, 7) is 0.658. The van der Waals surface area contributed by atoms with Gasteiger partial charge in [0.05, 0.1) is 12.0 Å². The van der Waals surface area contributed by atoms with Gasteiger partial charge in [-0.05, 0) is 18.9 Å². The molecule has 126 valence electrons. The van der Waals surface area contributed by atoms with Gasteiger partial charge in [0.15, 0.2) is 5.69 Å². The summed E-state index contributed by atoms with van der Waals surface area (Å²) < 4.78 is 5.07. The molecule has 2 amide bonds. The number of nitro groups is 1. The van der Waals surface area contributed by atoms with Crippen LogP contribution in [0, 0.1) is 10.1 Å². The van der Waals surface area contributed by atoms with Gasteiger partial charge in [-0.25, -0.2) is 4.79 Å². The van der Waals surface area contributed by atoms with Gasteiger partial charge >= 0.3 is 6.09 Å². The molecule has 10 heteroatoms. The van der Waals surface area contributed by atoms with Crippen molar-refractivity contribution in [3.8, 4) is 5.75 Å². The van der Waals surface area contributed by atoms with Gasteiger partial charge in [0.1, 0.15) is 5.75 Å². The lowest BCUT2D eigenvalue weighted by atomic mass is 10.1. The number of anilines is 1. The Morgan fingerprint density at radius 3 is 2.52 bits per heavy atom. The second-order valence-electron chi connectivity index (χ2n) is 4.56. The molecule has 0 aromatic heterocycles. The van der Waals surface area contributed by atoms with Crippen LogP contribution in [0.1, 0.15) is 23.2 Å². The van der Waals surface area contributed by atoms with Crippen molar-refractivity contribution in [2.24, 2.45) is 5.73 Å².